The summed E-state index contributed by atoms with van der Waals surface area (Å²) in [7, 11) is 0. The number of para-hydroxylation sites is 1. The van der Waals surface area contributed by atoms with Crippen LogP contribution in [0.2, 0.25) is 0 Å². The number of aromatic amines is 1. The molecule has 2 aromatic rings. The van der Waals surface area contributed by atoms with E-state index in [4.69, 9.17) is 0 Å². The Morgan fingerprint density at radius 1 is 1.27 bits per heavy atom. The van der Waals surface area contributed by atoms with Crippen molar-refractivity contribution in [1.29, 1.82) is 0 Å². The third-order valence-corrected chi connectivity index (χ3v) is 1.86. The van der Waals surface area contributed by atoms with Gasteiger partial charge in [-0.2, -0.15) is 0 Å². The molecule has 0 bridgehead atoms. The number of allylic oxidation sites excluding steroid dienone is 2. The van der Waals surface area contributed by atoms with Crippen molar-refractivity contribution in [3.8, 4) is 0 Å². The first kappa shape index (κ1) is 11.2. The van der Waals surface area contributed by atoms with Crippen molar-refractivity contribution in [3.05, 3.63) is 48.7 Å². The average molecular weight is 201 g/mol. The Balaban J connectivity index is 0.000000167. The van der Waals surface area contributed by atoms with Gasteiger partial charge < -0.3 is 4.98 Å². The number of carbonyl (C=O) groups excluding carboxylic acids is 1. The standard InChI is InChI=1S/C8H7N.C5H8O/c1-2-4-8-7(3-1)5-6-9-8;1-3-4-5(2)6/h1-6,9H;3-4H,1-2H3/b;4-3+. The average Bonchev–Trinajstić information content (AvgIpc) is 2.65. The van der Waals surface area contributed by atoms with E-state index in [-0.39, 0.29) is 5.78 Å². The van der Waals surface area contributed by atoms with Gasteiger partial charge in [0.2, 0.25) is 0 Å². The van der Waals surface area contributed by atoms with E-state index in [9.17, 15) is 4.79 Å². The van der Waals surface area contributed by atoms with Crippen LogP contribution in [0.25, 0.3) is 10.9 Å². The van der Waals surface area contributed by atoms with Crippen LogP contribution in [0, 0.1) is 0 Å². The summed E-state index contributed by atoms with van der Waals surface area (Å²) in [5.41, 5.74) is 1.21. The highest BCUT2D eigenvalue weighted by molar-refractivity contribution is 5.87. The van der Waals surface area contributed by atoms with Crippen LogP contribution >= 0.6 is 0 Å². The fourth-order valence-electron chi connectivity index (χ4n) is 1.23. The minimum atomic E-state index is 0.109. The van der Waals surface area contributed by atoms with E-state index in [1.807, 2.05) is 25.3 Å². The summed E-state index contributed by atoms with van der Waals surface area (Å²) in [5.74, 6) is 0.109. The van der Waals surface area contributed by atoms with Crippen molar-refractivity contribution in [3.63, 3.8) is 0 Å². The van der Waals surface area contributed by atoms with Crippen molar-refractivity contribution >= 4 is 16.7 Å². The number of hydrogen-bond acceptors (Lipinski definition) is 1. The molecular weight excluding hydrogens is 186 g/mol. The van der Waals surface area contributed by atoms with E-state index in [0.717, 1.165) is 0 Å². The van der Waals surface area contributed by atoms with E-state index >= 15 is 0 Å². The Morgan fingerprint density at radius 2 is 2.00 bits per heavy atom. The summed E-state index contributed by atoms with van der Waals surface area (Å²) in [4.78, 5) is 13.1. The van der Waals surface area contributed by atoms with Crippen molar-refractivity contribution < 1.29 is 4.79 Å². The lowest BCUT2D eigenvalue weighted by Gasteiger charge is -1.83. The second-order valence-electron chi connectivity index (χ2n) is 3.18. The van der Waals surface area contributed by atoms with Crippen molar-refractivity contribution in [1.82, 2.24) is 4.98 Å². The lowest BCUT2D eigenvalue weighted by atomic mass is 10.3. The molecule has 0 aliphatic carbocycles. The SMILES string of the molecule is C/C=C/C(C)=O.c1ccc2[nH]ccc2c1. The van der Waals surface area contributed by atoms with Gasteiger partial charge in [-0.15, -0.1) is 0 Å². The van der Waals surface area contributed by atoms with Gasteiger partial charge in [-0.1, -0.05) is 24.3 Å². The normalized spacial score (nSPS) is 10.0. The largest absolute Gasteiger partial charge is 0.361 e. The highest BCUT2D eigenvalue weighted by atomic mass is 16.1. The number of H-pyrrole nitrogens is 1. The highest BCUT2D eigenvalue weighted by Crippen LogP contribution is 2.09. The van der Waals surface area contributed by atoms with Gasteiger partial charge in [0.25, 0.3) is 0 Å². The molecule has 0 aliphatic rings. The first-order valence-electron chi connectivity index (χ1n) is 4.89. The number of fused-ring (bicyclic) bond motifs is 1. The van der Waals surface area contributed by atoms with Gasteiger partial charge in [-0.05, 0) is 37.4 Å². The molecule has 0 saturated heterocycles. The molecule has 0 atom stereocenters. The van der Waals surface area contributed by atoms with Crippen molar-refractivity contribution in [2.75, 3.05) is 0 Å². The summed E-state index contributed by atoms with van der Waals surface area (Å²) in [6.45, 7) is 3.35. The maximum absolute atomic E-state index is 9.96. The predicted molar refractivity (Wildman–Crippen MR) is 63.8 cm³/mol. The van der Waals surface area contributed by atoms with E-state index in [1.165, 1.54) is 23.9 Å². The van der Waals surface area contributed by atoms with Gasteiger partial charge in [0.15, 0.2) is 5.78 Å². The zero-order chi connectivity index (χ0) is 11.1. The number of nitrogens with one attached hydrogen (secondary N) is 1. The van der Waals surface area contributed by atoms with Crippen molar-refractivity contribution in [2.45, 2.75) is 13.8 Å². The smallest absolute Gasteiger partial charge is 0.152 e. The molecule has 0 fully saturated rings. The highest BCUT2D eigenvalue weighted by Gasteiger charge is 1.86. The molecule has 1 aromatic heterocycles. The fraction of sp³-hybridized carbons (Fsp3) is 0.154. The third kappa shape index (κ3) is 3.81. The molecule has 1 N–H and O–H groups in total. The maximum Gasteiger partial charge on any atom is 0.152 e. The molecule has 0 spiro atoms. The molecule has 0 unspecified atom stereocenters. The Bertz CT molecular complexity index is 424. The number of aromatic nitrogens is 1. The minimum absolute atomic E-state index is 0.109. The number of ketones is 1. The second kappa shape index (κ2) is 5.81. The van der Waals surface area contributed by atoms with Crippen LogP contribution in [0.15, 0.2) is 48.7 Å². The molecule has 0 aliphatic heterocycles. The van der Waals surface area contributed by atoms with Gasteiger partial charge in [0.05, 0.1) is 0 Å². The van der Waals surface area contributed by atoms with Crippen LogP contribution in [-0.2, 0) is 4.79 Å². The molecule has 2 heteroatoms. The van der Waals surface area contributed by atoms with Crippen LogP contribution < -0.4 is 0 Å². The monoisotopic (exact) mass is 201 g/mol. The maximum atomic E-state index is 9.96. The van der Waals surface area contributed by atoms with Crippen LogP contribution in [0.4, 0.5) is 0 Å². The van der Waals surface area contributed by atoms with E-state index in [0.29, 0.717) is 0 Å². The minimum Gasteiger partial charge on any atom is -0.361 e. The van der Waals surface area contributed by atoms with Gasteiger partial charge in [0.1, 0.15) is 0 Å². The quantitative estimate of drug-likeness (QED) is 0.705. The zero-order valence-corrected chi connectivity index (χ0v) is 9.03. The molecule has 0 saturated carbocycles. The Kier molecular flexibility index (Phi) is 4.35. The lowest BCUT2D eigenvalue weighted by Crippen LogP contribution is -1.76. The lowest BCUT2D eigenvalue weighted by molar-refractivity contribution is -0.112. The number of hydrogen-bond donors (Lipinski definition) is 1. The summed E-state index contributed by atoms with van der Waals surface area (Å²) < 4.78 is 0. The number of carbonyl (C=O) groups is 1. The fourth-order valence-corrected chi connectivity index (χ4v) is 1.23. The summed E-state index contributed by atoms with van der Waals surface area (Å²) in [5, 5.41) is 1.28. The summed E-state index contributed by atoms with van der Waals surface area (Å²) >= 11 is 0. The van der Waals surface area contributed by atoms with Crippen LogP contribution in [0.5, 0.6) is 0 Å². The Hall–Kier alpha value is -1.83. The number of rotatable bonds is 1. The molecule has 2 rings (SSSR count). The van der Waals surface area contributed by atoms with Crippen LogP contribution in [0.3, 0.4) is 0 Å². The molecule has 78 valence electrons. The molecule has 1 heterocycles. The van der Waals surface area contributed by atoms with Gasteiger partial charge >= 0.3 is 0 Å². The van der Waals surface area contributed by atoms with Crippen LogP contribution in [0.1, 0.15) is 13.8 Å². The Morgan fingerprint density at radius 3 is 2.53 bits per heavy atom. The van der Waals surface area contributed by atoms with E-state index in [2.05, 4.69) is 23.2 Å². The predicted octanol–water partition coefficient (Wildman–Crippen LogP) is 3.32. The van der Waals surface area contributed by atoms with Crippen molar-refractivity contribution in [2.24, 2.45) is 0 Å². The van der Waals surface area contributed by atoms with E-state index < -0.39 is 0 Å². The first-order valence-corrected chi connectivity index (χ1v) is 4.89. The Labute approximate surface area is 89.6 Å². The molecule has 1 aromatic carbocycles. The van der Waals surface area contributed by atoms with E-state index in [1.54, 1.807) is 6.08 Å². The molecular formula is C13H15NO. The second-order valence-corrected chi connectivity index (χ2v) is 3.18. The molecule has 15 heavy (non-hydrogen) atoms. The molecule has 0 amide bonds. The number of benzene rings is 1. The van der Waals surface area contributed by atoms with Crippen LogP contribution in [-0.4, -0.2) is 10.8 Å². The first-order chi connectivity index (χ1) is 7.24. The summed E-state index contributed by atoms with van der Waals surface area (Å²) in [6, 6.07) is 10.3. The van der Waals surface area contributed by atoms with Gasteiger partial charge in [-0.3, -0.25) is 4.79 Å². The third-order valence-electron chi connectivity index (χ3n) is 1.86. The van der Waals surface area contributed by atoms with Gasteiger partial charge in [0, 0.05) is 11.7 Å². The van der Waals surface area contributed by atoms with Gasteiger partial charge in [-0.25, -0.2) is 0 Å². The molecule has 2 nitrogen and oxygen atoms in total. The topological polar surface area (TPSA) is 32.9 Å². The molecule has 0 radical (unpaired) electrons. The zero-order valence-electron chi connectivity index (χ0n) is 9.03. The summed E-state index contributed by atoms with van der Waals surface area (Å²) in [6.07, 6.45) is 5.20.